The lowest BCUT2D eigenvalue weighted by molar-refractivity contribution is -0.121. The number of nitrogens with two attached hydrogens (primary N) is 1. The molecule has 3 N–H and O–H groups in total. The number of halogens is 2. The quantitative estimate of drug-likeness (QED) is 0.345. The van der Waals surface area contributed by atoms with Crippen LogP contribution in [0.4, 0.5) is 8.78 Å². The molecule has 0 heterocycles. The Hall–Kier alpha value is -1.69. The van der Waals surface area contributed by atoms with Crippen LogP contribution in [0.25, 0.3) is 0 Å². The number of hydrogen-bond donors (Lipinski definition) is 2. The highest BCUT2D eigenvalue weighted by molar-refractivity contribution is 5.75. The van der Waals surface area contributed by atoms with Crippen molar-refractivity contribution in [1.82, 2.24) is 5.43 Å². The van der Waals surface area contributed by atoms with Crippen LogP contribution < -0.4 is 16.0 Å². The van der Waals surface area contributed by atoms with Crippen LogP contribution in [0.1, 0.15) is 19.3 Å². The summed E-state index contributed by atoms with van der Waals surface area (Å²) in [4.78, 5) is 10.8. The van der Waals surface area contributed by atoms with Crippen LogP contribution in [0.2, 0.25) is 0 Å². The third-order valence-electron chi connectivity index (χ3n) is 2.11. The van der Waals surface area contributed by atoms with Crippen molar-refractivity contribution in [3.05, 3.63) is 29.8 Å². The molecule has 0 aliphatic heterocycles. The Bertz CT molecular complexity index is 386. The molecule has 0 fully saturated rings. The number of ether oxygens (including phenoxy) is 1. The molecule has 6 heteroatoms. The van der Waals surface area contributed by atoms with Gasteiger partial charge in [0.25, 0.3) is 0 Å². The van der Waals surface area contributed by atoms with E-state index < -0.39 is 11.6 Å². The smallest absolute Gasteiger partial charge is 0.233 e. The van der Waals surface area contributed by atoms with Crippen molar-refractivity contribution in [3.63, 3.8) is 0 Å². The molecule has 1 rings (SSSR count). The van der Waals surface area contributed by atoms with Gasteiger partial charge in [0.05, 0.1) is 6.61 Å². The molecule has 0 aromatic heterocycles. The van der Waals surface area contributed by atoms with Crippen LogP contribution >= 0.6 is 0 Å². The number of rotatable bonds is 6. The highest BCUT2D eigenvalue weighted by atomic mass is 19.1. The fraction of sp³-hybridized carbons (Fsp3) is 0.364. The minimum atomic E-state index is -0.732. The first kappa shape index (κ1) is 13.4. The van der Waals surface area contributed by atoms with Crippen molar-refractivity contribution in [2.45, 2.75) is 19.3 Å². The molecule has 0 atom stereocenters. The topological polar surface area (TPSA) is 64.3 Å². The summed E-state index contributed by atoms with van der Waals surface area (Å²) < 4.78 is 30.8. The fourth-order valence-corrected chi connectivity index (χ4v) is 1.23. The third-order valence-corrected chi connectivity index (χ3v) is 2.11. The number of carbonyl (C=O) groups excluding carboxylic acids is 1. The van der Waals surface area contributed by atoms with E-state index in [0.29, 0.717) is 19.3 Å². The monoisotopic (exact) mass is 244 g/mol. The summed E-state index contributed by atoms with van der Waals surface area (Å²) >= 11 is 0. The molecule has 0 unspecified atom stereocenters. The van der Waals surface area contributed by atoms with Crippen molar-refractivity contribution in [2.24, 2.45) is 5.84 Å². The predicted molar refractivity (Wildman–Crippen MR) is 58.0 cm³/mol. The molecule has 0 aliphatic rings. The Balaban J connectivity index is 2.24. The number of amides is 1. The SMILES string of the molecule is NNC(=O)CCCCOc1ccc(F)cc1F. The number of nitrogens with one attached hydrogen (secondary N) is 1. The van der Waals surface area contributed by atoms with Gasteiger partial charge in [-0.05, 0) is 25.0 Å². The lowest BCUT2D eigenvalue weighted by Gasteiger charge is -2.06. The van der Waals surface area contributed by atoms with Gasteiger partial charge in [-0.25, -0.2) is 14.6 Å². The fourth-order valence-electron chi connectivity index (χ4n) is 1.23. The summed E-state index contributed by atoms with van der Waals surface area (Å²) in [5, 5.41) is 0. The van der Waals surface area contributed by atoms with Crippen molar-refractivity contribution >= 4 is 5.91 Å². The van der Waals surface area contributed by atoms with Crippen molar-refractivity contribution in [2.75, 3.05) is 6.61 Å². The Kier molecular flexibility index (Phi) is 5.35. The normalized spacial score (nSPS) is 10.1. The minimum Gasteiger partial charge on any atom is -0.491 e. The molecule has 0 radical (unpaired) electrons. The molecule has 1 aromatic rings. The maximum Gasteiger partial charge on any atom is 0.233 e. The van der Waals surface area contributed by atoms with E-state index in [9.17, 15) is 13.6 Å². The van der Waals surface area contributed by atoms with Crippen LogP contribution in [0.5, 0.6) is 5.75 Å². The largest absolute Gasteiger partial charge is 0.491 e. The summed E-state index contributed by atoms with van der Waals surface area (Å²) in [7, 11) is 0. The molecule has 1 aromatic carbocycles. The maximum atomic E-state index is 13.1. The standard InChI is InChI=1S/C11H14F2N2O2/c12-8-4-5-10(9(13)7-8)17-6-2-1-3-11(16)15-14/h4-5,7H,1-3,6,14H2,(H,15,16). The second-order valence-corrected chi connectivity index (χ2v) is 3.45. The molecule has 0 saturated carbocycles. The average molecular weight is 244 g/mol. The lowest BCUT2D eigenvalue weighted by Crippen LogP contribution is -2.29. The van der Waals surface area contributed by atoms with Crippen molar-refractivity contribution < 1.29 is 18.3 Å². The van der Waals surface area contributed by atoms with Gasteiger partial charge in [0.1, 0.15) is 5.82 Å². The highest BCUT2D eigenvalue weighted by Gasteiger charge is 2.04. The molecule has 0 aliphatic carbocycles. The van der Waals surface area contributed by atoms with Crippen LogP contribution in [0.15, 0.2) is 18.2 Å². The summed E-state index contributed by atoms with van der Waals surface area (Å²) in [6.07, 6.45) is 1.47. The zero-order valence-electron chi connectivity index (χ0n) is 9.21. The van der Waals surface area contributed by atoms with Crippen LogP contribution in [0.3, 0.4) is 0 Å². The number of hydrogen-bond acceptors (Lipinski definition) is 3. The summed E-state index contributed by atoms with van der Waals surface area (Å²) in [5.41, 5.74) is 2.01. The minimum absolute atomic E-state index is 0.00896. The van der Waals surface area contributed by atoms with E-state index in [2.05, 4.69) is 0 Å². The van der Waals surface area contributed by atoms with E-state index in [-0.39, 0.29) is 18.3 Å². The highest BCUT2D eigenvalue weighted by Crippen LogP contribution is 2.17. The van der Waals surface area contributed by atoms with E-state index in [1.807, 2.05) is 5.43 Å². The Morgan fingerprint density at radius 3 is 2.76 bits per heavy atom. The van der Waals surface area contributed by atoms with Gasteiger partial charge < -0.3 is 4.74 Å². The Morgan fingerprint density at radius 2 is 2.12 bits per heavy atom. The maximum absolute atomic E-state index is 13.1. The van der Waals surface area contributed by atoms with Gasteiger partial charge in [-0.1, -0.05) is 0 Å². The summed E-state index contributed by atoms with van der Waals surface area (Å²) in [6, 6.07) is 3.12. The molecule has 1 amide bonds. The van der Waals surface area contributed by atoms with Gasteiger partial charge in [0.2, 0.25) is 5.91 Å². The molecule has 0 spiro atoms. The lowest BCUT2D eigenvalue weighted by atomic mass is 10.2. The molecule has 17 heavy (non-hydrogen) atoms. The predicted octanol–water partition coefficient (Wildman–Crippen LogP) is 1.50. The zero-order valence-corrected chi connectivity index (χ0v) is 9.21. The van der Waals surface area contributed by atoms with E-state index in [1.165, 1.54) is 6.07 Å². The number of unbranched alkanes of at least 4 members (excludes halogenated alkanes) is 1. The second-order valence-electron chi connectivity index (χ2n) is 3.45. The molecule has 4 nitrogen and oxygen atoms in total. The summed E-state index contributed by atoms with van der Waals surface area (Å²) in [6.45, 7) is 0.264. The van der Waals surface area contributed by atoms with Gasteiger partial charge in [-0.3, -0.25) is 10.2 Å². The first-order valence-electron chi connectivity index (χ1n) is 5.21. The second kappa shape index (κ2) is 6.80. The summed E-state index contributed by atoms with van der Waals surface area (Å²) in [5.74, 6) is 3.28. The Labute approximate surface area is 97.7 Å². The number of carbonyl (C=O) groups is 1. The van der Waals surface area contributed by atoms with Gasteiger partial charge in [0, 0.05) is 12.5 Å². The number of hydrazine groups is 1. The first-order chi connectivity index (χ1) is 8.13. The van der Waals surface area contributed by atoms with E-state index >= 15 is 0 Å². The van der Waals surface area contributed by atoms with Gasteiger partial charge >= 0.3 is 0 Å². The molecule has 0 saturated heterocycles. The van der Waals surface area contributed by atoms with Crippen molar-refractivity contribution in [1.29, 1.82) is 0 Å². The molecule has 0 bridgehead atoms. The van der Waals surface area contributed by atoms with Crippen LogP contribution in [-0.4, -0.2) is 12.5 Å². The van der Waals surface area contributed by atoms with Gasteiger partial charge in [0.15, 0.2) is 11.6 Å². The zero-order chi connectivity index (χ0) is 12.7. The number of benzene rings is 1. The molecular weight excluding hydrogens is 230 g/mol. The average Bonchev–Trinajstić information content (AvgIpc) is 2.30. The van der Waals surface area contributed by atoms with Crippen molar-refractivity contribution in [3.8, 4) is 5.75 Å². The van der Waals surface area contributed by atoms with E-state index in [1.54, 1.807) is 0 Å². The van der Waals surface area contributed by atoms with Crippen LogP contribution in [-0.2, 0) is 4.79 Å². The first-order valence-corrected chi connectivity index (χ1v) is 5.21. The Morgan fingerprint density at radius 1 is 1.35 bits per heavy atom. The van der Waals surface area contributed by atoms with Gasteiger partial charge in [-0.2, -0.15) is 0 Å². The third kappa shape index (κ3) is 4.78. The van der Waals surface area contributed by atoms with E-state index in [4.69, 9.17) is 10.6 Å². The van der Waals surface area contributed by atoms with Crippen LogP contribution in [0, 0.1) is 11.6 Å². The molecule has 94 valence electrons. The van der Waals surface area contributed by atoms with E-state index in [0.717, 1.165) is 12.1 Å². The van der Waals surface area contributed by atoms with Gasteiger partial charge in [-0.15, -0.1) is 0 Å². The molecular formula is C11H14F2N2O2.